The number of hydrogen-bond acceptors (Lipinski definition) is 2. The van der Waals surface area contributed by atoms with Crippen LogP contribution in [-0.2, 0) is 6.61 Å². The van der Waals surface area contributed by atoms with E-state index in [4.69, 9.17) is 4.74 Å². The molecule has 0 heterocycles. The smallest absolute Gasteiger partial charge is 0.123 e. The topological polar surface area (TPSA) is 29.5 Å². The first-order valence-electron chi connectivity index (χ1n) is 6.26. The van der Waals surface area contributed by atoms with Crippen molar-refractivity contribution in [3.63, 3.8) is 0 Å². The van der Waals surface area contributed by atoms with E-state index < -0.39 is 0 Å². The number of ether oxygens (including phenoxy) is 1. The zero-order valence-corrected chi connectivity index (χ0v) is 12.6. The summed E-state index contributed by atoms with van der Waals surface area (Å²) in [6.07, 6.45) is 0. The van der Waals surface area contributed by atoms with E-state index in [0.717, 1.165) is 15.8 Å². The number of hydrogen-bond donors (Lipinski definition) is 1. The summed E-state index contributed by atoms with van der Waals surface area (Å²) in [7, 11) is 0. The van der Waals surface area contributed by atoms with Crippen molar-refractivity contribution in [1.29, 1.82) is 0 Å². The predicted octanol–water partition coefficient (Wildman–Crippen LogP) is 4.86. The van der Waals surface area contributed by atoms with Crippen LogP contribution in [0.3, 0.4) is 0 Å². The number of aromatic hydroxyl groups is 1. The van der Waals surface area contributed by atoms with Crippen molar-refractivity contribution >= 4 is 15.9 Å². The fraction of sp³-hybridized carbons (Fsp3) is 0.250. The van der Waals surface area contributed by atoms with E-state index in [1.807, 2.05) is 24.3 Å². The number of phenols is 1. The van der Waals surface area contributed by atoms with Gasteiger partial charge in [-0.25, -0.2) is 0 Å². The van der Waals surface area contributed by atoms with Gasteiger partial charge in [-0.15, -0.1) is 0 Å². The lowest BCUT2D eigenvalue weighted by molar-refractivity contribution is 0.301. The molecule has 0 saturated carbocycles. The summed E-state index contributed by atoms with van der Waals surface area (Å²) in [5.41, 5.74) is 2.23. The number of phenolic OH excluding ortho intramolecular Hbond substituents is 1. The molecule has 100 valence electrons. The van der Waals surface area contributed by atoms with Crippen LogP contribution in [-0.4, -0.2) is 5.11 Å². The molecule has 19 heavy (non-hydrogen) atoms. The van der Waals surface area contributed by atoms with Crippen molar-refractivity contribution in [3.8, 4) is 11.5 Å². The van der Waals surface area contributed by atoms with Gasteiger partial charge in [0.05, 0.1) is 0 Å². The fourth-order valence-electron chi connectivity index (χ4n) is 1.86. The van der Waals surface area contributed by atoms with E-state index in [-0.39, 0.29) is 5.75 Å². The summed E-state index contributed by atoms with van der Waals surface area (Å²) in [4.78, 5) is 0. The third-order valence-electron chi connectivity index (χ3n) is 2.92. The van der Waals surface area contributed by atoms with E-state index in [2.05, 4.69) is 35.8 Å². The molecule has 3 heteroatoms. The molecule has 0 saturated heterocycles. The third-order valence-corrected chi connectivity index (χ3v) is 3.42. The molecule has 0 spiro atoms. The zero-order chi connectivity index (χ0) is 13.8. The Morgan fingerprint density at radius 2 is 1.79 bits per heavy atom. The van der Waals surface area contributed by atoms with Crippen LogP contribution < -0.4 is 4.74 Å². The molecule has 0 radical (unpaired) electrons. The average Bonchev–Trinajstić information content (AvgIpc) is 2.39. The van der Waals surface area contributed by atoms with Crippen LogP contribution in [0.5, 0.6) is 11.5 Å². The average molecular weight is 321 g/mol. The lowest BCUT2D eigenvalue weighted by atomic mass is 10.0. The molecule has 0 amide bonds. The van der Waals surface area contributed by atoms with Crippen LogP contribution in [0, 0.1) is 0 Å². The molecule has 2 aromatic rings. The first-order valence-corrected chi connectivity index (χ1v) is 7.05. The molecule has 0 bridgehead atoms. The van der Waals surface area contributed by atoms with Crippen molar-refractivity contribution in [2.45, 2.75) is 26.4 Å². The van der Waals surface area contributed by atoms with Crippen LogP contribution in [0.15, 0.2) is 46.9 Å². The van der Waals surface area contributed by atoms with Gasteiger partial charge in [-0.2, -0.15) is 0 Å². The van der Waals surface area contributed by atoms with Gasteiger partial charge in [0, 0.05) is 4.47 Å². The second-order valence-electron chi connectivity index (χ2n) is 4.79. The Balaban J connectivity index is 2.13. The maximum Gasteiger partial charge on any atom is 0.123 e. The highest BCUT2D eigenvalue weighted by atomic mass is 79.9. The van der Waals surface area contributed by atoms with E-state index in [1.165, 1.54) is 5.56 Å². The van der Waals surface area contributed by atoms with Crippen molar-refractivity contribution in [2.24, 2.45) is 0 Å². The minimum Gasteiger partial charge on any atom is -0.508 e. The van der Waals surface area contributed by atoms with Crippen molar-refractivity contribution in [3.05, 3.63) is 58.1 Å². The highest BCUT2D eigenvalue weighted by Gasteiger charge is 2.08. The summed E-state index contributed by atoms with van der Waals surface area (Å²) < 4.78 is 6.94. The molecular formula is C16H17BrO2. The van der Waals surface area contributed by atoms with E-state index in [1.54, 1.807) is 12.1 Å². The monoisotopic (exact) mass is 320 g/mol. The standard InChI is InChI=1S/C16H17BrO2/c1-11(2)15-9-13(17)5-8-16(15)19-10-12-3-6-14(18)7-4-12/h3-9,11,18H,10H2,1-2H3. The van der Waals surface area contributed by atoms with Gasteiger partial charge in [0.1, 0.15) is 18.1 Å². The molecule has 2 rings (SSSR count). The maximum atomic E-state index is 9.24. The largest absolute Gasteiger partial charge is 0.508 e. The normalized spacial score (nSPS) is 10.7. The van der Waals surface area contributed by atoms with Gasteiger partial charge in [0.15, 0.2) is 0 Å². The van der Waals surface area contributed by atoms with Gasteiger partial charge in [0.2, 0.25) is 0 Å². The summed E-state index contributed by atoms with van der Waals surface area (Å²) in [6.45, 7) is 4.80. The predicted molar refractivity (Wildman–Crippen MR) is 80.7 cm³/mol. The van der Waals surface area contributed by atoms with Crippen molar-refractivity contribution < 1.29 is 9.84 Å². The minimum atomic E-state index is 0.273. The highest BCUT2D eigenvalue weighted by molar-refractivity contribution is 9.10. The molecule has 2 nitrogen and oxygen atoms in total. The number of benzene rings is 2. The molecule has 0 aliphatic carbocycles. The summed E-state index contributed by atoms with van der Waals surface area (Å²) in [5.74, 6) is 1.59. The van der Waals surface area contributed by atoms with Crippen LogP contribution in [0.25, 0.3) is 0 Å². The molecule has 1 N–H and O–H groups in total. The van der Waals surface area contributed by atoms with Crippen molar-refractivity contribution in [2.75, 3.05) is 0 Å². The Labute approximate surface area is 122 Å². The Bertz CT molecular complexity index is 547. The lowest BCUT2D eigenvalue weighted by Crippen LogP contribution is -1.99. The lowest BCUT2D eigenvalue weighted by Gasteiger charge is -2.14. The number of rotatable bonds is 4. The summed E-state index contributed by atoms with van der Waals surface area (Å²) in [5, 5.41) is 9.24. The summed E-state index contributed by atoms with van der Waals surface area (Å²) in [6, 6.07) is 13.1. The Hall–Kier alpha value is -1.48. The Kier molecular flexibility index (Phi) is 4.48. The molecule has 0 fully saturated rings. The van der Waals surface area contributed by atoms with Gasteiger partial charge in [-0.1, -0.05) is 41.9 Å². The van der Waals surface area contributed by atoms with Gasteiger partial charge < -0.3 is 9.84 Å². The first kappa shape index (κ1) is 13.9. The first-order chi connectivity index (χ1) is 9.06. The maximum absolute atomic E-state index is 9.24. The molecular weight excluding hydrogens is 304 g/mol. The molecule has 0 aliphatic heterocycles. The van der Waals surface area contributed by atoms with Crippen LogP contribution >= 0.6 is 15.9 Å². The SMILES string of the molecule is CC(C)c1cc(Br)ccc1OCc1ccc(O)cc1. The van der Waals surface area contributed by atoms with Crippen molar-refractivity contribution in [1.82, 2.24) is 0 Å². The Morgan fingerprint density at radius 1 is 1.11 bits per heavy atom. The van der Waals surface area contributed by atoms with Gasteiger partial charge in [-0.05, 0) is 47.4 Å². The highest BCUT2D eigenvalue weighted by Crippen LogP contribution is 2.30. The van der Waals surface area contributed by atoms with Gasteiger partial charge in [-0.3, -0.25) is 0 Å². The second kappa shape index (κ2) is 6.11. The third kappa shape index (κ3) is 3.74. The quantitative estimate of drug-likeness (QED) is 0.871. The van der Waals surface area contributed by atoms with Gasteiger partial charge in [0.25, 0.3) is 0 Å². The molecule has 0 aliphatic rings. The summed E-state index contributed by atoms with van der Waals surface area (Å²) >= 11 is 3.49. The van der Waals surface area contributed by atoms with Crippen LogP contribution in [0.2, 0.25) is 0 Å². The fourth-order valence-corrected chi connectivity index (χ4v) is 2.23. The van der Waals surface area contributed by atoms with Crippen LogP contribution in [0.1, 0.15) is 30.9 Å². The second-order valence-corrected chi connectivity index (χ2v) is 5.71. The molecule has 0 atom stereocenters. The zero-order valence-electron chi connectivity index (χ0n) is 11.1. The van der Waals surface area contributed by atoms with E-state index in [0.29, 0.717) is 12.5 Å². The molecule has 0 unspecified atom stereocenters. The molecule has 0 aromatic heterocycles. The molecule has 2 aromatic carbocycles. The number of halogens is 1. The van der Waals surface area contributed by atoms with E-state index in [9.17, 15) is 5.11 Å². The van der Waals surface area contributed by atoms with Gasteiger partial charge >= 0.3 is 0 Å². The minimum absolute atomic E-state index is 0.273. The Morgan fingerprint density at radius 3 is 2.42 bits per heavy atom. The van der Waals surface area contributed by atoms with E-state index >= 15 is 0 Å². The van der Waals surface area contributed by atoms with Crippen LogP contribution in [0.4, 0.5) is 0 Å².